The Labute approximate surface area is 143 Å². The molecule has 0 bridgehead atoms. The lowest BCUT2D eigenvalue weighted by molar-refractivity contribution is 1.07. The van der Waals surface area contributed by atoms with E-state index in [1.54, 1.807) is 11.8 Å². The third-order valence-corrected chi connectivity index (χ3v) is 4.29. The van der Waals surface area contributed by atoms with Gasteiger partial charge in [-0.3, -0.25) is 0 Å². The van der Waals surface area contributed by atoms with Gasteiger partial charge in [-0.15, -0.1) is 11.8 Å². The van der Waals surface area contributed by atoms with Crippen molar-refractivity contribution in [2.45, 2.75) is 18.4 Å². The molecular formula is C13H13Br3N2S. The minimum atomic E-state index is 0.854. The molecular weight excluding hydrogens is 456 g/mol. The van der Waals surface area contributed by atoms with Crippen LogP contribution < -0.4 is 0 Å². The SMILES string of the molecule is Brc1cccc(Br)n1.CCCSc1cccc(Br)n1. The Morgan fingerprint density at radius 3 is 1.84 bits per heavy atom. The third kappa shape index (κ3) is 8.07. The van der Waals surface area contributed by atoms with Gasteiger partial charge in [-0.05, 0) is 84.2 Å². The quantitative estimate of drug-likeness (QED) is 0.411. The lowest BCUT2D eigenvalue weighted by Gasteiger charge is -1.97. The van der Waals surface area contributed by atoms with Gasteiger partial charge in [0.15, 0.2) is 0 Å². The molecule has 0 unspecified atom stereocenters. The molecule has 0 radical (unpaired) electrons. The number of pyridine rings is 2. The van der Waals surface area contributed by atoms with Crippen LogP contribution >= 0.6 is 59.6 Å². The second-order valence-corrected chi connectivity index (χ2v) is 6.98. The van der Waals surface area contributed by atoms with Crippen LogP contribution in [0, 0.1) is 0 Å². The van der Waals surface area contributed by atoms with Crippen molar-refractivity contribution in [3.63, 3.8) is 0 Å². The molecule has 0 saturated heterocycles. The topological polar surface area (TPSA) is 25.8 Å². The Kier molecular flexibility index (Phi) is 8.94. The van der Waals surface area contributed by atoms with E-state index in [0.29, 0.717) is 0 Å². The van der Waals surface area contributed by atoms with E-state index < -0.39 is 0 Å². The lowest BCUT2D eigenvalue weighted by atomic mass is 10.5. The summed E-state index contributed by atoms with van der Waals surface area (Å²) in [6.45, 7) is 2.17. The average molecular weight is 469 g/mol. The number of rotatable bonds is 3. The molecule has 6 heteroatoms. The zero-order chi connectivity index (χ0) is 14.1. The summed E-state index contributed by atoms with van der Waals surface area (Å²) < 4.78 is 2.62. The molecule has 0 aliphatic heterocycles. The van der Waals surface area contributed by atoms with Gasteiger partial charge >= 0.3 is 0 Å². The van der Waals surface area contributed by atoms with Crippen molar-refractivity contribution in [2.75, 3.05) is 5.75 Å². The Hall–Kier alpha value is 0.0900. The molecule has 0 N–H and O–H groups in total. The molecule has 2 aromatic heterocycles. The van der Waals surface area contributed by atoms with Gasteiger partial charge in [-0.25, -0.2) is 9.97 Å². The molecule has 0 saturated carbocycles. The van der Waals surface area contributed by atoms with Crippen LogP contribution in [0.2, 0.25) is 0 Å². The van der Waals surface area contributed by atoms with Crippen LogP contribution in [-0.2, 0) is 0 Å². The molecule has 2 nitrogen and oxygen atoms in total. The Morgan fingerprint density at radius 1 is 0.895 bits per heavy atom. The Morgan fingerprint density at radius 2 is 1.42 bits per heavy atom. The summed E-state index contributed by atoms with van der Waals surface area (Å²) in [7, 11) is 0. The van der Waals surface area contributed by atoms with Gasteiger partial charge < -0.3 is 0 Å². The molecule has 102 valence electrons. The maximum atomic E-state index is 4.29. The first-order valence-electron chi connectivity index (χ1n) is 5.65. The molecule has 2 rings (SSSR count). The molecule has 0 aliphatic carbocycles. The van der Waals surface area contributed by atoms with Crippen LogP contribution in [0.5, 0.6) is 0 Å². The average Bonchev–Trinajstić information content (AvgIpc) is 2.37. The summed E-state index contributed by atoms with van der Waals surface area (Å²) in [5.41, 5.74) is 0. The fourth-order valence-electron chi connectivity index (χ4n) is 1.06. The second-order valence-electron chi connectivity index (χ2n) is 3.43. The number of hydrogen-bond acceptors (Lipinski definition) is 3. The number of aromatic nitrogens is 2. The minimum absolute atomic E-state index is 0.854. The molecule has 19 heavy (non-hydrogen) atoms. The first kappa shape index (κ1) is 17.1. The van der Waals surface area contributed by atoms with Crippen molar-refractivity contribution in [1.29, 1.82) is 0 Å². The highest BCUT2D eigenvalue weighted by atomic mass is 79.9. The van der Waals surface area contributed by atoms with Gasteiger partial charge in [0, 0.05) is 0 Å². The molecule has 0 aliphatic rings. The monoisotopic (exact) mass is 466 g/mol. The molecule has 0 atom stereocenters. The van der Waals surface area contributed by atoms with E-state index in [4.69, 9.17) is 0 Å². The fraction of sp³-hybridized carbons (Fsp3) is 0.231. The summed E-state index contributed by atoms with van der Waals surface area (Å²) in [5.74, 6) is 1.14. The van der Waals surface area contributed by atoms with E-state index in [-0.39, 0.29) is 0 Å². The minimum Gasteiger partial charge on any atom is -0.235 e. The number of halogens is 3. The van der Waals surface area contributed by atoms with Crippen molar-refractivity contribution in [2.24, 2.45) is 0 Å². The summed E-state index contributed by atoms with van der Waals surface area (Å²) >= 11 is 11.6. The van der Waals surface area contributed by atoms with Crippen molar-refractivity contribution in [3.8, 4) is 0 Å². The Balaban J connectivity index is 0.000000200. The predicted octanol–water partition coefficient (Wildman–Crippen LogP) is 5.95. The van der Waals surface area contributed by atoms with Crippen LogP contribution in [0.1, 0.15) is 13.3 Å². The zero-order valence-electron chi connectivity index (χ0n) is 10.3. The highest BCUT2D eigenvalue weighted by Crippen LogP contribution is 2.17. The van der Waals surface area contributed by atoms with Gasteiger partial charge in [-0.1, -0.05) is 19.1 Å². The van der Waals surface area contributed by atoms with Gasteiger partial charge in [0.2, 0.25) is 0 Å². The maximum absolute atomic E-state index is 4.29. The van der Waals surface area contributed by atoms with Crippen molar-refractivity contribution < 1.29 is 0 Å². The van der Waals surface area contributed by atoms with Crippen LogP contribution in [0.3, 0.4) is 0 Å². The van der Waals surface area contributed by atoms with Crippen molar-refractivity contribution in [1.82, 2.24) is 9.97 Å². The van der Waals surface area contributed by atoms with E-state index >= 15 is 0 Å². The molecule has 2 aromatic rings. The van der Waals surface area contributed by atoms with E-state index in [2.05, 4.69) is 64.7 Å². The van der Waals surface area contributed by atoms with Crippen molar-refractivity contribution in [3.05, 3.63) is 50.2 Å². The van der Waals surface area contributed by atoms with E-state index in [1.165, 1.54) is 6.42 Å². The largest absolute Gasteiger partial charge is 0.235 e. The van der Waals surface area contributed by atoms with E-state index in [0.717, 1.165) is 24.6 Å². The first-order valence-corrected chi connectivity index (χ1v) is 9.01. The summed E-state index contributed by atoms with van der Waals surface area (Å²) in [6, 6.07) is 11.7. The van der Waals surface area contributed by atoms with Crippen LogP contribution in [0.4, 0.5) is 0 Å². The lowest BCUT2D eigenvalue weighted by Crippen LogP contribution is -1.81. The van der Waals surface area contributed by atoms with E-state index in [9.17, 15) is 0 Å². The Bertz CT molecular complexity index is 492. The van der Waals surface area contributed by atoms with Gasteiger partial charge in [0.05, 0.1) is 5.03 Å². The van der Waals surface area contributed by atoms with Gasteiger partial charge in [0.1, 0.15) is 13.8 Å². The fourth-order valence-corrected chi connectivity index (χ4v) is 3.20. The van der Waals surface area contributed by atoms with Crippen LogP contribution in [-0.4, -0.2) is 15.7 Å². The number of hydrogen-bond donors (Lipinski definition) is 0. The third-order valence-electron chi connectivity index (χ3n) is 1.82. The van der Waals surface area contributed by atoms with Gasteiger partial charge in [0.25, 0.3) is 0 Å². The zero-order valence-corrected chi connectivity index (χ0v) is 15.9. The summed E-state index contributed by atoms with van der Waals surface area (Å²) in [5, 5.41) is 1.10. The van der Waals surface area contributed by atoms with Gasteiger partial charge in [-0.2, -0.15) is 0 Å². The number of nitrogens with zero attached hydrogens (tertiary/aromatic N) is 2. The second kappa shape index (κ2) is 9.91. The molecule has 0 fully saturated rings. The summed E-state index contributed by atoms with van der Waals surface area (Å²) in [6.07, 6.45) is 1.19. The number of thioether (sulfide) groups is 1. The van der Waals surface area contributed by atoms with Crippen molar-refractivity contribution >= 4 is 59.6 Å². The molecule has 0 spiro atoms. The molecule has 0 aromatic carbocycles. The highest BCUT2D eigenvalue weighted by molar-refractivity contribution is 9.11. The molecule has 2 heterocycles. The standard InChI is InChI=1S/C8H10BrNS.C5H3Br2N/c1-2-6-11-8-5-3-4-7(9)10-8;6-4-2-1-3-5(7)8-4/h3-5H,2,6H2,1H3;1-3H. The normalized spacial score (nSPS) is 9.68. The smallest absolute Gasteiger partial charge is 0.107 e. The van der Waals surface area contributed by atoms with Crippen LogP contribution in [0.15, 0.2) is 55.2 Å². The highest BCUT2D eigenvalue weighted by Gasteiger charge is 1.93. The summed E-state index contributed by atoms with van der Waals surface area (Å²) in [4.78, 5) is 8.30. The maximum Gasteiger partial charge on any atom is 0.107 e. The molecule has 0 amide bonds. The van der Waals surface area contributed by atoms with E-state index in [1.807, 2.05) is 36.4 Å². The first-order chi connectivity index (χ1) is 9.11. The predicted molar refractivity (Wildman–Crippen MR) is 92.6 cm³/mol. The van der Waals surface area contributed by atoms with Crippen LogP contribution in [0.25, 0.3) is 0 Å².